The standard InChI is InChI=1S/C26H25NO2/c1-18-14-19(2)16-20(15-18)8-7-13-27-26(28)29-17-25-23-11-5-3-9-21(23)22-10-4-6-12-24(22)25/h3-12,14-16,25H,13,17H2,1-2H3,(H,27,28). The Bertz CT molecular complexity index is 1000. The van der Waals surface area contributed by atoms with Gasteiger partial charge in [-0.3, -0.25) is 0 Å². The molecule has 0 saturated carbocycles. The molecule has 1 aliphatic carbocycles. The van der Waals surface area contributed by atoms with E-state index in [4.69, 9.17) is 4.74 Å². The fourth-order valence-corrected chi connectivity index (χ4v) is 4.09. The summed E-state index contributed by atoms with van der Waals surface area (Å²) >= 11 is 0. The minimum absolute atomic E-state index is 0.0824. The van der Waals surface area contributed by atoms with Crippen LogP contribution in [0.4, 0.5) is 4.79 Å². The Labute approximate surface area is 172 Å². The normalized spacial score (nSPS) is 12.6. The number of fused-ring (bicyclic) bond motifs is 3. The Hall–Kier alpha value is -3.33. The molecule has 3 aromatic rings. The molecular formula is C26H25NO2. The number of nitrogens with one attached hydrogen (secondary N) is 1. The second kappa shape index (κ2) is 8.36. The lowest BCUT2D eigenvalue weighted by Crippen LogP contribution is -2.26. The Kier molecular flexibility index (Phi) is 5.48. The molecule has 3 aromatic carbocycles. The molecule has 1 N–H and O–H groups in total. The van der Waals surface area contributed by atoms with Gasteiger partial charge in [0.15, 0.2) is 0 Å². The van der Waals surface area contributed by atoms with Crippen molar-refractivity contribution in [3.05, 3.63) is 101 Å². The number of benzene rings is 3. The predicted molar refractivity (Wildman–Crippen MR) is 118 cm³/mol. The van der Waals surface area contributed by atoms with E-state index < -0.39 is 6.09 Å². The van der Waals surface area contributed by atoms with Gasteiger partial charge in [0.2, 0.25) is 0 Å². The minimum Gasteiger partial charge on any atom is -0.449 e. The third-order valence-corrected chi connectivity index (χ3v) is 5.26. The molecule has 1 aliphatic rings. The minimum atomic E-state index is -0.392. The summed E-state index contributed by atoms with van der Waals surface area (Å²) in [5.74, 6) is 0.0824. The SMILES string of the molecule is Cc1cc(C)cc(C=CCNC(=O)OCC2c3ccccc3-c3ccccc32)c1. The largest absolute Gasteiger partial charge is 0.449 e. The van der Waals surface area contributed by atoms with Gasteiger partial charge in [-0.25, -0.2) is 4.79 Å². The number of hydrogen-bond donors (Lipinski definition) is 1. The van der Waals surface area contributed by atoms with Gasteiger partial charge in [0.05, 0.1) is 0 Å². The number of carbonyl (C=O) groups is 1. The van der Waals surface area contributed by atoms with E-state index in [1.165, 1.54) is 33.4 Å². The van der Waals surface area contributed by atoms with Crippen LogP contribution in [0.5, 0.6) is 0 Å². The molecule has 29 heavy (non-hydrogen) atoms. The van der Waals surface area contributed by atoms with Crippen molar-refractivity contribution in [2.45, 2.75) is 19.8 Å². The average molecular weight is 383 g/mol. The van der Waals surface area contributed by atoms with E-state index in [-0.39, 0.29) is 5.92 Å². The molecule has 0 aromatic heterocycles. The van der Waals surface area contributed by atoms with Gasteiger partial charge in [0, 0.05) is 12.5 Å². The van der Waals surface area contributed by atoms with Crippen molar-refractivity contribution in [1.29, 1.82) is 0 Å². The number of amides is 1. The first-order chi connectivity index (χ1) is 14.1. The van der Waals surface area contributed by atoms with Crippen LogP contribution >= 0.6 is 0 Å². The molecule has 0 aliphatic heterocycles. The molecule has 0 unspecified atom stereocenters. The van der Waals surface area contributed by atoms with Gasteiger partial charge in [0.1, 0.15) is 6.61 Å². The molecule has 3 nitrogen and oxygen atoms in total. The lowest BCUT2D eigenvalue weighted by Gasteiger charge is -2.14. The molecule has 3 heteroatoms. The highest BCUT2D eigenvalue weighted by Gasteiger charge is 2.28. The highest BCUT2D eigenvalue weighted by molar-refractivity contribution is 5.79. The monoisotopic (exact) mass is 383 g/mol. The van der Waals surface area contributed by atoms with E-state index in [1.54, 1.807) is 0 Å². The van der Waals surface area contributed by atoms with Gasteiger partial charge in [-0.2, -0.15) is 0 Å². The fraction of sp³-hybridized carbons (Fsp3) is 0.192. The number of ether oxygens (including phenoxy) is 1. The van der Waals surface area contributed by atoms with Gasteiger partial charge in [0.25, 0.3) is 0 Å². The van der Waals surface area contributed by atoms with Crippen LogP contribution in [0.3, 0.4) is 0 Å². The maximum atomic E-state index is 12.2. The number of rotatable bonds is 5. The summed E-state index contributed by atoms with van der Waals surface area (Å²) in [7, 11) is 0. The molecule has 4 rings (SSSR count). The number of hydrogen-bond acceptors (Lipinski definition) is 2. The molecule has 146 valence electrons. The Morgan fingerprint density at radius 1 is 0.931 bits per heavy atom. The quantitative estimate of drug-likeness (QED) is 0.600. The predicted octanol–water partition coefficient (Wildman–Crippen LogP) is 5.86. The van der Waals surface area contributed by atoms with Crippen LogP contribution in [0, 0.1) is 13.8 Å². The van der Waals surface area contributed by atoms with E-state index in [9.17, 15) is 4.79 Å². The Morgan fingerprint density at radius 2 is 1.52 bits per heavy atom. The van der Waals surface area contributed by atoms with Crippen LogP contribution in [0.2, 0.25) is 0 Å². The average Bonchev–Trinajstić information content (AvgIpc) is 3.03. The molecule has 0 radical (unpaired) electrons. The second-order valence-corrected chi connectivity index (χ2v) is 7.53. The molecule has 0 atom stereocenters. The summed E-state index contributed by atoms with van der Waals surface area (Å²) in [6.07, 6.45) is 3.57. The zero-order valence-electron chi connectivity index (χ0n) is 16.8. The summed E-state index contributed by atoms with van der Waals surface area (Å²) in [6.45, 7) is 4.93. The number of alkyl carbamates (subject to hydrolysis) is 1. The van der Waals surface area contributed by atoms with Crippen molar-refractivity contribution in [3.8, 4) is 11.1 Å². The summed E-state index contributed by atoms with van der Waals surface area (Å²) in [4.78, 5) is 12.2. The van der Waals surface area contributed by atoms with Crippen LogP contribution in [-0.2, 0) is 4.74 Å². The maximum Gasteiger partial charge on any atom is 0.407 e. The zero-order valence-corrected chi connectivity index (χ0v) is 16.8. The van der Waals surface area contributed by atoms with Crippen molar-refractivity contribution >= 4 is 12.2 Å². The van der Waals surface area contributed by atoms with E-state index >= 15 is 0 Å². The number of aryl methyl sites for hydroxylation is 2. The third-order valence-electron chi connectivity index (χ3n) is 5.26. The van der Waals surface area contributed by atoms with Crippen molar-refractivity contribution in [1.82, 2.24) is 5.32 Å². The first-order valence-corrected chi connectivity index (χ1v) is 9.95. The van der Waals surface area contributed by atoms with E-state index in [2.05, 4.69) is 61.6 Å². The van der Waals surface area contributed by atoms with E-state index in [1.807, 2.05) is 36.4 Å². The molecule has 0 bridgehead atoms. The first-order valence-electron chi connectivity index (χ1n) is 9.95. The van der Waals surface area contributed by atoms with Crippen molar-refractivity contribution in [3.63, 3.8) is 0 Å². The van der Waals surface area contributed by atoms with Crippen LogP contribution in [0.1, 0.15) is 33.7 Å². The molecular weight excluding hydrogens is 358 g/mol. The summed E-state index contributed by atoms with van der Waals surface area (Å²) in [6, 6.07) is 23.1. The molecule has 0 heterocycles. The summed E-state index contributed by atoms with van der Waals surface area (Å²) in [5, 5.41) is 2.81. The first kappa shape index (κ1) is 19.0. The summed E-state index contributed by atoms with van der Waals surface area (Å²) < 4.78 is 5.55. The van der Waals surface area contributed by atoms with E-state index in [0.29, 0.717) is 13.2 Å². The van der Waals surface area contributed by atoms with Gasteiger partial charge >= 0.3 is 6.09 Å². The lowest BCUT2D eigenvalue weighted by molar-refractivity contribution is 0.144. The van der Waals surface area contributed by atoms with Gasteiger partial charge in [-0.05, 0) is 41.7 Å². The van der Waals surface area contributed by atoms with Crippen LogP contribution < -0.4 is 5.32 Å². The van der Waals surface area contributed by atoms with Crippen LogP contribution in [0.15, 0.2) is 72.8 Å². The van der Waals surface area contributed by atoms with Crippen molar-refractivity contribution in [2.24, 2.45) is 0 Å². The highest BCUT2D eigenvalue weighted by atomic mass is 16.5. The third kappa shape index (κ3) is 4.24. The van der Waals surface area contributed by atoms with Crippen LogP contribution in [0.25, 0.3) is 17.2 Å². The van der Waals surface area contributed by atoms with Gasteiger partial charge < -0.3 is 10.1 Å². The maximum absolute atomic E-state index is 12.2. The van der Waals surface area contributed by atoms with Crippen molar-refractivity contribution in [2.75, 3.05) is 13.2 Å². The van der Waals surface area contributed by atoms with Gasteiger partial charge in [-0.1, -0.05) is 90.0 Å². The Morgan fingerprint density at radius 3 is 2.14 bits per heavy atom. The Balaban J connectivity index is 1.34. The smallest absolute Gasteiger partial charge is 0.407 e. The summed E-state index contributed by atoms with van der Waals surface area (Å²) in [5.41, 5.74) is 8.49. The zero-order chi connectivity index (χ0) is 20.2. The second-order valence-electron chi connectivity index (χ2n) is 7.53. The van der Waals surface area contributed by atoms with Crippen molar-refractivity contribution < 1.29 is 9.53 Å². The molecule has 0 fully saturated rings. The van der Waals surface area contributed by atoms with E-state index in [0.717, 1.165) is 5.56 Å². The highest BCUT2D eigenvalue weighted by Crippen LogP contribution is 2.44. The van der Waals surface area contributed by atoms with Gasteiger partial charge in [-0.15, -0.1) is 0 Å². The fourth-order valence-electron chi connectivity index (χ4n) is 4.09. The molecule has 1 amide bonds. The number of carbonyl (C=O) groups excluding carboxylic acids is 1. The molecule has 0 saturated heterocycles. The van der Waals surface area contributed by atoms with Crippen LogP contribution in [-0.4, -0.2) is 19.2 Å². The lowest BCUT2D eigenvalue weighted by atomic mass is 9.98. The topological polar surface area (TPSA) is 38.3 Å². The molecule has 0 spiro atoms.